The maximum absolute atomic E-state index is 4.43. The Bertz CT molecular complexity index is 2790. The molecule has 4 aliphatic carbocycles. The highest BCUT2D eigenvalue weighted by atomic mass is 14.7. The average Bonchev–Trinajstić information content (AvgIpc) is 3.37. The predicted molar refractivity (Wildman–Crippen MR) is 261 cm³/mol. The Morgan fingerprint density at radius 3 is 0.636 bits per heavy atom. The van der Waals surface area contributed by atoms with Crippen molar-refractivity contribution in [2.45, 2.75) is 60.2 Å². The van der Waals surface area contributed by atoms with Gasteiger partial charge in [0.05, 0.1) is 0 Å². The Morgan fingerprint density at radius 2 is 0.455 bits per heavy atom. The summed E-state index contributed by atoms with van der Waals surface area (Å²) in [6.07, 6.45) is 13.5. The number of nitrogens with zero attached hydrogens (tertiary/aromatic N) is 4. The summed E-state index contributed by atoms with van der Waals surface area (Å²) in [5.74, 6) is 26.6. The molecule has 4 bridgehead atoms. The number of benzene rings is 4. The van der Waals surface area contributed by atoms with Crippen LogP contribution < -0.4 is 0 Å². The van der Waals surface area contributed by atoms with E-state index in [4.69, 9.17) is 0 Å². The fourth-order valence-corrected chi connectivity index (χ4v) is 11.8. The second kappa shape index (κ2) is 17.0. The van der Waals surface area contributed by atoms with Crippen molar-refractivity contribution in [1.29, 1.82) is 0 Å². The molecular weight excluding hydrogens is 801 g/mol. The van der Waals surface area contributed by atoms with Crippen LogP contribution in [0.1, 0.15) is 106 Å². The summed E-state index contributed by atoms with van der Waals surface area (Å²) in [6.45, 7) is 0. The number of aromatic nitrogens is 4. The third kappa shape index (κ3) is 8.08. The van der Waals surface area contributed by atoms with Gasteiger partial charge in [-0.25, -0.2) is 19.9 Å². The van der Waals surface area contributed by atoms with Crippen LogP contribution in [0.2, 0.25) is 0 Å². The minimum atomic E-state index is -0.117. The van der Waals surface area contributed by atoms with Crippen LogP contribution in [0.3, 0.4) is 0 Å². The molecule has 0 aliphatic heterocycles. The van der Waals surface area contributed by atoms with Gasteiger partial charge >= 0.3 is 0 Å². The molecule has 4 aliphatic rings. The highest BCUT2D eigenvalue weighted by Crippen LogP contribution is 2.74. The smallest absolute Gasteiger partial charge is 0.113 e. The molecule has 66 heavy (non-hydrogen) atoms. The van der Waals surface area contributed by atoms with Gasteiger partial charge in [0.1, 0.15) is 22.8 Å². The zero-order valence-electron chi connectivity index (χ0n) is 36.5. The number of pyridine rings is 4. The van der Waals surface area contributed by atoms with Crippen molar-refractivity contribution >= 4 is 0 Å². The van der Waals surface area contributed by atoms with Crippen molar-refractivity contribution in [3.8, 4) is 47.4 Å². The van der Waals surface area contributed by atoms with Gasteiger partial charge in [0, 0.05) is 47.0 Å². The van der Waals surface area contributed by atoms with Gasteiger partial charge in [-0.3, -0.25) is 0 Å². The third-order valence-corrected chi connectivity index (χ3v) is 14.0. The fourth-order valence-electron chi connectivity index (χ4n) is 11.8. The van der Waals surface area contributed by atoms with E-state index in [9.17, 15) is 0 Å². The van der Waals surface area contributed by atoms with Crippen molar-refractivity contribution in [3.05, 3.63) is 262 Å². The first kappa shape index (κ1) is 40.5. The molecule has 4 fully saturated rings. The van der Waals surface area contributed by atoms with Gasteiger partial charge in [0.2, 0.25) is 0 Å². The van der Waals surface area contributed by atoms with Crippen LogP contribution in [0.4, 0.5) is 0 Å². The lowest BCUT2D eigenvalue weighted by molar-refractivity contribution is -0.0691. The van der Waals surface area contributed by atoms with Crippen molar-refractivity contribution in [3.63, 3.8) is 0 Å². The number of hydrogen-bond acceptors (Lipinski definition) is 4. The molecule has 0 N–H and O–H groups in total. The molecule has 0 spiro atoms. The molecule has 8 aromatic rings. The Kier molecular flexibility index (Phi) is 10.4. The molecule has 12 rings (SSSR count). The minimum absolute atomic E-state index is 0.117. The van der Waals surface area contributed by atoms with Crippen molar-refractivity contribution in [1.82, 2.24) is 19.9 Å². The maximum Gasteiger partial charge on any atom is 0.113 e. The van der Waals surface area contributed by atoms with Crippen LogP contribution >= 0.6 is 0 Å². The fraction of sp³-hybridized carbons (Fsp3) is 0.161. The van der Waals surface area contributed by atoms with Crippen LogP contribution in [0.25, 0.3) is 0 Å². The van der Waals surface area contributed by atoms with Gasteiger partial charge in [-0.05, 0) is 203 Å². The van der Waals surface area contributed by atoms with E-state index < -0.39 is 0 Å². The third-order valence-electron chi connectivity index (χ3n) is 14.0. The van der Waals surface area contributed by atoms with E-state index in [-0.39, 0.29) is 21.7 Å². The summed E-state index contributed by atoms with van der Waals surface area (Å²) >= 11 is 0. The average molecular weight is 845 g/mol. The standard InChI is InChI=1S/C62H44N4/c1-5-37-63-55(9-1)33-21-47-13-25-51(26-14-47)59-41-60(52-27-15-48(16-28-52)22-34-56-10-2-6-38-64-56)44-61(42-59,53-29-17-49(18-30-53)23-35-57-11-3-7-39-65-57)46-62(43-59,45-60)54-31-19-50(20-32-54)24-36-58-12-4-8-40-66-58/h1-20,25-32,37-40H,41-46H2. The van der Waals surface area contributed by atoms with Gasteiger partial charge in [-0.2, -0.15) is 0 Å². The minimum Gasteiger partial charge on any atom is -0.248 e. The molecule has 4 nitrogen and oxygen atoms in total. The van der Waals surface area contributed by atoms with Gasteiger partial charge in [-0.1, -0.05) is 96.5 Å². The molecule has 4 heterocycles. The van der Waals surface area contributed by atoms with E-state index in [1.807, 2.05) is 72.8 Å². The molecule has 0 unspecified atom stereocenters. The molecule has 4 heteroatoms. The quantitative estimate of drug-likeness (QED) is 0.166. The second-order valence-electron chi connectivity index (χ2n) is 18.4. The highest BCUT2D eigenvalue weighted by molar-refractivity contribution is 5.54. The lowest BCUT2D eigenvalue weighted by Crippen LogP contribution is -2.67. The first-order valence-corrected chi connectivity index (χ1v) is 22.6. The summed E-state index contributed by atoms with van der Waals surface area (Å²) in [4.78, 5) is 17.7. The summed E-state index contributed by atoms with van der Waals surface area (Å²) in [5.41, 5.74) is 12.1. The van der Waals surface area contributed by atoms with E-state index in [0.29, 0.717) is 0 Å². The van der Waals surface area contributed by atoms with E-state index >= 15 is 0 Å². The lowest BCUT2D eigenvalue weighted by Gasteiger charge is -2.71. The van der Waals surface area contributed by atoms with Crippen molar-refractivity contribution in [2.24, 2.45) is 0 Å². The van der Waals surface area contributed by atoms with Crippen LogP contribution in [0.15, 0.2) is 195 Å². The van der Waals surface area contributed by atoms with Gasteiger partial charge in [0.25, 0.3) is 0 Å². The second-order valence-corrected chi connectivity index (χ2v) is 18.4. The largest absolute Gasteiger partial charge is 0.248 e. The SMILES string of the molecule is C(#Cc1ccccn1)c1ccc(C23CC4(c5ccc(C#Cc6ccccn6)cc5)CC(c5ccc(C#Cc6ccccn6)cc5)(C2)CC(c2ccc(C#Cc5ccccn5)cc2)(C3)C4)cc1. The molecular formula is C62H44N4. The molecule has 4 saturated carbocycles. The monoisotopic (exact) mass is 844 g/mol. The number of hydrogen-bond donors (Lipinski definition) is 0. The van der Waals surface area contributed by atoms with Crippen LogP contribution in [0, 0.1) is 47.4 Å². The van der Waals surface area contributed by atoms with E-state index in [0.717, 1.165) is 83.6 Å². The first-order valence-electron chi connectivity index (χ1n) is 22.6. The van der Waals surface area contributed by atoms with Crippen LogP contribution in [0.5, 0.6) is 0 Å². The van der Waals surface area contributed by atoms with Gasteiger partial charge < -0.3 is 0 Å². The Hall–Kier alpha value is -8.28. The Morgan fingerprint density at radius 1 is 0.242 bits per heavy atom. The van der Waals surface area contributed by atoms with E-state index in [2.05, 4.69) is 164 Å². The highest BCUT2D eigenvalue weighted by Gasteiger charge is 2.69. The van der Waals surface area contributed by atoms with Crippen LogP contribution in [-0.2, 0) is 21.7 Å². The molecule has 4 aromatic heterocycles. The zero-order valence-corrected chi connectivity index (χ0v) is 36.5. The van der Waals surface area contributed by atoms with Crippen molar-refractivity contribution < 1.29 is 0 Å². The predicted octanol–water partition coefficient (Wildman–Crippen LogP) is 11.3. The summed E-state index contributed by atoms with van der Waals surface area (Å²) < 4.78 is 0. The molecule has 0 saturated heterocycles. The normalized spacial score (nSPS) is 21.9. The topological polar surface area (TPSA) is 51.6 Å². The lowest BCUT2D eigenvalue weighted by atomic mass is 9.32. The van der Waals surface area contributed by atoms with Crippen LogP contribution in [-0.4, -0.2) is 19.9 Å². The molecule has 4 aromatic carbocycles. The zero-order chi connectivity index (χ0) is 44.3. The van der Waals surface area contributed by atoms with Crippen molar-refractivity contribution in [2.75, 3.05) is 0 Å². The summed E-state index contributed by atoms with van der Waals surface area (Å²) in [5, 5.41) is 0. The summed E-state index contributed by atoms with van der Waals surface area (Å²) in [7, 11) is 0. The Labute approximate surface area is 387 Å². The van der Waals surface area contributed by atoms with E-state index in [1.165, 1.54) is 22.3 Å². The summed E-state index contributed by atoms with van der Waals surface area (Å²) in [6, 6.07) is 60.1. The molecule has 0 radical (unpaired) electrons. The maximum atomic E-state index is 4.43. The van der Waals surface area contributed by atoms with E-state index in [1.54, 1.807) is 24.8 Å². The molecule has 0 amide bonds. The van der Waals surface area contributed by atoms with Gasteiger partial charge in [0.15, 0.2) is 0 Å². The van der Waals surface area contributed by atoms with Gasteiger partial charge in [-0.15, -0.1) is 0 Å². The first-order chi connectivity index (χ1) is 32.5. The molecule has 0 atom stereocenters. The molecule has 312 valence electrons. The Balaban J connectivity index is 1.04. The number of rotatable bonds is 4.